The molecule has 1 amide bonds. The number of para-hydroxylation sites is 1. The molecular weight excluding hydrogens is 204 g/mol. The van der Waals surface area contributed by atoms with Crippen LogP contribution in [0.25, 0.3) is 0 Å². The number of benzene rings is 1. The van der Waals surface area contributed by atoms with Gasteiger partial charge in [0.25, 0.3) is 5.91 Å². The quantitative estimate of drug-likeness (QED) is 0.762. The van der Waals surface area contributed by atoms with Crippen LogP contribution < -0.4 is 16.2 Å². The number of primary amides is 1. The number of nitrogen functional groups attached to an aromatic ring is 1. The molecule has 1 rings (SSSR count). The summed E-state index contributed by atoms with van der Waals surface area (Å²) in [5.41, 5.74) is 11.8. The molecule has 1 aromatic rings. The number of carbonyl (C=O) groups excluding carboxylic acids is 1. The molecule has 0 heterocycles. The van der Waals surface area contributed by atoms with Crippen LogP contribution in [0.15, 0.2) is 18.2 Å². The van der Waals surface area contributed by atoms with Crippen molar-refractivity contribution in [2.75, 3.05) is 5.73 Å². The first-order valence-corrected chi connectivity index (χ1v) is 5.28. The first kappa shape index (κ1) is 12.4. The molecule has 4 N–H and O–H groups in total. The monoisotopic (exact) mass is 222 g/mol. The molecule has 16 heavy (non-hydrogen) atoms. The third-order valence-electron chi connectivity index (χ3n) is 2.55. The molecule has 0 aromatic heterocycles. The van der Waals surface area contributed by atoms with Gasteiger partial charge in [0.2, 0.25) is 0 Å². The molecule has 0 saturated heterocycles. The van der Waals surface area contributed by atoms with Crippen molar-refractivity contribution in [1.29, 1.82) is 0 Å². The fraction of sp³-hybridized carbons (Fsp3) is 0.417. The molecule has 4 nitrogen and oxygen atoms in total. The lowest BCUT2D eigenvalue weighted by molar-refractivity contribution is 0.0990. The van der Waals surface area contributed by atoms with Crippen LogP contribution in [0.1, 0.15) is 31.1 Å². The molecule has 0 aliphatic rings. The summed E-state index contributed by atoms with van der Waals surface area (Å²) in [4.78, 5) is 11.2. The number of carbonyl (C=O) groups is 1. The van der Waals surface area contributed by atoms with E-state index in [2.05, 4.69) is 0 Å². The van der Waals surface area contributed by atoms with E-state index in [1.54, 1.807) is 18.2 Å². The van der Waals surface area contributed by atoms with Gasteiger partial charge >= 0.3 is 0 Å². The van der Waals surface area contributed by atoms with Crippen LogP contribution in [-0.4, -0.2) is 12.0 Å². The van der Waals surface area contributed by atoms with E-state index in [1.807, 2.05) is 20.8 Å². The zero-order valence-electron chi connectivity index (χ0n) is 9.86. The standard InChI is InChI=1S/C12H18N2O2/c1-7(2)8(3)16-11-9(12(14)15)5-4-6-10(11)13/h4-8H,13H2,1-3H3,(H2,14,15). The van der Waals surface area contributed by atoms with E-state index in [9.17, 15) is 4.79 Å². The van der Waals surface area contributed by atoms with Crippen LogP contribution >= 0.6 is 0 Å². The number of ether oxygens (including phenoxy) is 1. The molecule has 0 aliphatic heterocycles. The van der Waals surface area contributed by atoms with Gasteiger partial charge < -0.3 is 16.2 Å². The van der Waals surface area contributed by atoms with Crippen LogP contribution in [0.3, 0.4) is 0 Å². The van der Waals surface area contributed by atoms with Crippen molar-refractivity contribution in [2.45, 2.75) is 26.9 Å². The number of hydrogen-bond acceptors (Lipinski definition) is 3. The normalized spacial score (nSPS) is 12.5. The molecule has 0 saturated carbocycles. The molecule has 1 aromatic carbocycles. The van der Waals surface area contributed by atoms with Crippen molar-refractivity contribution in [1.82, 2.24) is 0 Å². The van der Waals surface area contributed by atoms with E-state index in [-0.39, 0.29) is 6.10 Å². The minimum atomic E-state index is -0.529. The van der Waals surface area contributed by atoms with Crippen LogP contribution in [-0.2, 0) is 0 Å². The van der Waals surface area contributed by atoms with Gasteiger partial charge in [0.15, 0.2) is 5.75 Å². The Morgan fingerprint density at radius 1 is 1.31 bits per heavy atom. The Balaban J connectivity index is 3.06. The molecule has 1 atom stereocenters. The maximum absolute atomic E-state index is 11.2. The zero-order valence-corrected chi connectivity index (χ0v) is 9.86. The highest BCUT2D eigenvalue weighted by atomic mass is 16.5. The average molecular weight is 222 g/mol. The Morgan fingerprint density at radius 2 is 1.94 bits per heavy atom. The summed E-state index contributed by atoms with van der Waals surface area (Å²) in [5.74, 6) is 0.190. The van der Waals surface area contributed by atoms with Crippen LogP contribution in [0.2, 0.25) is 0 Å². The molecule has 0 radical (unpaired) electrons. The van der Waals surface area contributed by atoms with Crippen molar-refractivity contribution >= 4 is 11.6 Å². The van der Waals surface area contributed by atoms with Crippen LogP contribution in [0.5, 0.6) is 5.75 Å². The van der Waals surface area contributed by atoms with Gasteiger partial charge in [-0.1, -0.05) is 19.9 Å². The van der Waals surface area contributed by atoms with Gasteiger partial charge in [0.05, 0.1) is 17.4 Å². The third kappa shape index (κ3) is 2.66. The summed E-state index contributed by atoms with van der Waals surface area (Å²) in [6, 6.07) is 4.98. The lowest BCUT2D eigenvalue weighted by atomic mass is 10.1. The van der Waals surface area contributed by atoms with Crippen molar-refractivity contribution in [3.8, 4) is 5.75 Å². The lowest BCUT2D eigenvalue weighted by Gasteiger charge is -2.20. The highest BCUT2D eigenvalue weighted by Gasteiger charge is 2.16. The van der Waals surface area contributed by atoms with E-state index in [4.69, 9.17) is 16.2 Å². The number of anilines is 1. The molecule has 0 spiro atoms. The summed E-state index contributed by atoms with van der Waals surface area (Å²) in [6.07, 6.45) is -0.0252. The van der Waals surface area contributed by atoms with E-state index >= 15 is 0 Å². The number of amides is 1. The van der Waals surface area contributed by atoms with Crippen molar-refractivity contribution < 1.29 is 9.53 Å². The smallest absolute Gasteiger partial charge is 0.252 e. The second-order valence-corrected chi connectivity index (χ2v) is 4.16. The fourth-order valence-corrected chi connectivity index (χ4v) is 1.20. The second kappa shape index (κ2) is 4.88. The number of rotatable bonds is 4. The van der Waals surface area contributed by atoms with Crippen molar-refractivity contribution in [3.63, 3.8) is 0 Å². The van der Waals surface area contributed by atoms with Crippen molar-refractivity contribution in [2.24, 2.45) is 11.7 Å². The molecular formula is C12H18N2O2. The van der Waals surface area contributed by atoms with Crippen LogP contribution in [0.4, 0.5) is 5.69 Å². The molecule has 4 heteroatoms. The van der Waals surface area contributed by atoms with Gasteiger partial charge in [-0.05, 0) is 25.0 Å². The highest BCUT2D eigenvalue weighted by molar-refractivity contribution is 5.97. The summed E-state index contributed by atoms with van der Waals surface area (Å²) < 4.78 is 5.67. The SMILES string of the molecule is CC(C)C(C)Oc1c(N)cccc1C(N)=O. The minimum Gasteiger partial charge on any atom is -0.487 e. The highest BCUT2D eigenvalue weighted by Crippen LogP contribution is 2.28. The maximum atomic E-state index is 11.2. The predicted octanol–water partition coefficient (Wildman–Crippen LogP) is 1.79. The maximum Gasteiger partial charge on any atom is 0.252 e. The molecule has 0 fully saturated rings. The van der Waals surface area contributed by atoms with Gasteiger partial charge in [-0.15, -0.1) is 0 Å². The van der Waals surface area contributed by atoms with Gasteiger partial charge in [-0.3, -0.25) is 4.79 Å². The third-order valence-corrected chi connectivity index (χ3v) is 2.55. The van der Waals surface area contributed by atoms with Gasteiger partial charge in [-0.2, -0.15) is 0 Å². The van der Waals surface area contributed by atoms with E-state index in [0.29, 0.717) is 22.9 Å². The Bertz CT molecular complexity index is 389. The fourth-order valence-electron chi connectivity index (χ4n) is 1.20. The summed E-state index contributed by atoms with van der Waals surface area (Å²) >= 11 is 0. The summed E-state index contributed by atoms with van der Waals surface area (Å²) in [7, 11) is 0. The van der Waals surface area contributed by atoms with Gasteiger partial charge in [0, 0.05) is 0 Å². The first-order chi connectivity index (χ1) is 7.43. The Kier molecular flexibility index (Phi) is 3.77. The number of hydrogen-bond donors (Lipinski definition) is 2. The summed E-state index contributed by atoms with van der Waals surface area (Å²) in [6.45, 7) is 6.00. The van der Waals surface area contributed by atoms with E-state index in [0.717, 1.165) is 0 Å². The van der Waals surface area contributed by atoms with Gasteiger partial charge in [0.1, 0.15) is 0 Å². The first-order valence-electron chi connectivity index (χ1n) is 5.28. The number of nitrogens with two attached hydrogens (primary N) is 2. The Hall–Kier alpha value is -1.71. The second-order valence-electron chi connectivity index (χ2n) is 4.16. The van der Waals surface area contributed by atoms with E-state index in [1.165, 1.54) is 0 Å². The molecule has 0 bridgehead atoms. The van der Waals surface area contributed by atoms with Crippen molar-refractivity contribution in [3.05, 3.63) is 23.8 Å². The Morgan fingerprint density at radius 3 is 2.44 bits per heavy atom. The predicted molar refractivity (Wildman–Crippen MR) is 64.3 cm³/mol. The van der Waals surface area contributed by atoms with Crippen LogP contribution in [0, 0.1) is 5.92 Å². The molecule has 0 aliphatic carbocycles. The Labute approximate surface area is 95.6 Å². The average Bonchev–Trinajstić information content (AvgIpc) is 2.20. The summed E-state index contributed by atoms with van der Waals surface area (Å²) in [5, 5.41) is 0. The topological polar surface area (TPSA) is 78.3 Å². The largest absolute Gasteiger partial charge is 0.487 e. The zero-order chi connectivity index (χ0) is 12.3. The van der Waals surface area contributed by atoms with Gasteiger partial charge in [-0.25, -0.2) is 0 Å². The molecule has 88 valence electrons. The lowest BCUT2D eigenvalue weighted by Crippen LogP contribution is -2.22. The van der Waals surface area contributed by atoms with E-state index < -0.39 is 5.91 Å². The minimum absolute atomic E-state index is 0.0252. The molecule has 1 unspecified atom stereocenters.